The van der Waals surface area contributed by atoms with Crippen molar-refractivity contribution in [1.82, 2.24) is 0 Å². The summed E-state index contributed by atoms with van der Waals surface area (Å²) in [5, 5.41) is 0. The highest BCUT2D eigenvalue weighted by Crippen LogP contribution is 2.11. The first-order valence-electron chi connectivity index (χ1n) is 7.51. The van der Waals surface area contributed by atoms with Crippen molar-refractivity contribution in [1.29, 1.82) is 0 Å². The lowest BCUT2D eigenvalue weighted by molar-refractivity contribution is 0.612. The first-order valence-corrected chi connectivity index (χ1v) is 7.51. The molecule has 1 aromatic rings. The largest absolute Gasteiger partial charge is 0.378 e. The molecule has 1 aromatic carbocycles. The molecule has 0 aromatic heterocycles. The third-order valence-corrected chi connectivity index (χ3v) is 3.29. The van der Waals surface area contributed by atoms with Gasteiger partial charge in [-0.2, -0.15) is 0 Å². The molecular weight excluding hydrogens is 232 g/mol. The van der Waals surface area contributed by atoms with E-state index in [1.807, 2.05) is 6.21 Å². The van der Waals surface area contributed by atoms with Gasteiger partial charge in [-0.3, -0.25) is 4.99 Å². The number of rotatable bonds is 9. The fourth-order valence-corrected chi connectivity index (χ4v) is 2.01. The molecule has 0 heterocycles. The van der Waals surface area contributed by atoms with E-state index in [0.717, 1.165) is 6.54 Å². The number of anilines is 1. The highest BCUT2D eigenvalue weighted by Gasteiger charge is 1.93. The van der Waals surface area contributed by atoms with E-state index < -0.39 is 0 Å². The van der Waals surface area contributed by atoms with Crippen molar-refractivity contribution in [3.63, 3.8) is 0 Å². The maximum absolute atomic E-state index is 4.50. The number of unbranched alkanes of at least 4 members (excludes halogenated alkanes) is 5. The van der Waals surface area contributed by atoms with E-state index in [4.69, 9.17) is 0 Å². The van der Waals surface area contributed by atoms with Crippen LogP contribution < -0.4 is 4.90 Å². The molecule has 0 unspecified atom stereocenters. The Hall–Kier alpha value is -1.31. The van der Waals surface area contributed by atoms with E-state index >= 15 is 0 Å². The van der Waals surface area contributed by atoms with Gasteiger partial charge in [0.25, 0.3) is 0 Å². The van der Waals surface area contributed by atoms with Crippen molar-refractivity contribution >= 4 is 11.9 Å². The molecule has 0 aliphatic heterocycles. The molecule has 0 amide bonds. The van der Waals surface area contributed by atoms with Crippen molar-refractivity contribution in [2.45, 2.75) is 45.4 Å². The summed E-state index contributed by atoms with van der Waals surface area (Å²) in [5.74, 6) is 0. The Morgan fingerprint density at radius 3 is 2.21 bits per heavy atom. The fourth-order valence-electron chi connectivity index (χ4n) is 2.01. The van der Waals surface area contributed by atoms with Crippen molar-refractivity contribution in [3.05, 3.63) is 29.8 Å². The highest BCUT2D eigenvalue weighted by molar-refractivity contribution is 5.80. The van der Waals surface area contributed by atoms with Gasteiger partial charge in [0.1, 0.15) is 0 Å². The summed E-state index contributed by atoms with van der Waals surface area (Å²) in [6.07, 6.45) is 9.97. The minimum Gasteiger partial charge on any atom is -0.378 e. The van der Waals surface area contributed by atoms with Crippen LogP contribution in [0.5, 0.6) is 0 Å². The minimum absolute atomic E-state index is 0.960. The van der Waals surface area contributed by atoms with Gasteiger partial charge in [-0.05, 0) is 24.1 Å². The van der Waals surface area contributed by atoms with Gasteiger partial charge in [0, 0.05) is 32.5 Å². The van der Waals surface area contributed by atoms with Crippen LogP contribution in [0.3, 0.4) is 0 Å². The molecule has 0 aliphatic rings. The van der Waals surface area contributed by atoms with Crippen LogP contribution in [-0.2, 0) is 0 Å². The predicted molar refractivity (Wildman–Crippen MR) is 86.6 cm³/mol. The van der Waals surface area contributed by atoms with Crippen LogP contribution >= 0.6 is 0 Å². The fraction of sp³-hybridized carbons (Fsp3) is 0.588. The van der Waals surface area contributed by atoms with E-state index in [9.17, 15) is 0 Å². The quantitative estimate of drug-likeness (QED) is 0.470. The summed E-state index contributed by atoms with van der Waals surface area (Å²) in [6, 6.07) is 8.51. The van der Waals surface area contributed by atoms with Crippen molar-refractivity contribution < 1.29 is 0 Å². The van der Waals surface area contributed by atoms with Crippen molar-refractivity contribution in [2.75, 3.05) is 25.5 Å². The van der Waals surface area contributed by atoms with Crippen LogP contribution in [0, 0.1) is 0 Å². The average molecular weight is 260 g/mol. The number of benzene rings is 1. The number of hydrogen-bond donors (Lipinski definition) is 0. The lowest BCUT2D eigenvalue weighted by Crippen LogP contribution is -2.08. The minimum atomic E-state index is 0.960. The second-order valence-corrected chi connectivity index (χ2v) is 5.29. The van der Waals surface area contributed by atoms with E-state index in [0.29, 0.717) is 0 Å². The first-order chi connectivity index (χ1) is 9.24. The maximum Gasteiger partial charge on any atom is 0.0389 e. The standard InChI is InChI=1S/C17H28N2/c1-4-5-6-7-8-9-14-18-15-16-10-12-17(13-11-16)19(2)3/h10-13,15H,4-9,14H2,1-3H3. The van der Waals surface area contributed by atoms with Crippen LogP contribution in [0.1, 0.15) is 51.0 Å². The molecule has 2 nitrogen and oxygen atoms in total. The molecule has 0 aliphatic carbocycles. The van der Waals surface area contributed by atoms with Crippen LogP contribution in [0.4, 0.5) is 5.69 Å². The third-order valence-electron chi connectivity index (χ3n) is 3.29. The zero-order chi connectivity index (χ0) is 13.9. The average Bonchev–Trinajstić information content (AvgIpc) is 2.42. The predicted octanol–water partition coefficient (Wildman–Crippen LogP) is 4.53. The molecule has 0 bridgehead atoms. The molecule has 0 N–H and O–H groups in total. The molecule has 1 rings (SSSR count). The molecular formula is C17H28N2. The molecule has 0 saturated carbocycles. The first kappa shape index (κ1) is 15.7. The van der Waals surface area contributed by atoms with Gasteiger partial charge in [0.2, 0.25) is 0 Å². The van der Waals surface area contributed by atoms with Gasteiger partial charge in [-0.25, -0.2) is 0 Å². The lowest BCUT2D eigenvalue weighted by atomic mass is 10.1. The molecule has 0 spiro atoms. The zero-order valence-corrected chi connectivity index (χ0v) is 12.7. The molecule has 106 valence electrons. The summed E-state index contributed by atoms with van der Waals surface area (Å²) < 4.78 is 0. The number of aliphatic imine (C=N–C) groups is 1. The summed E-state index contributed by atoms with van der Waals surface area (Å²) in [4.78, 5) is 6.60. The van der Waals surface area contributed by atoms with E-state index in [1.165, 1.54) is 49.8 Å². The van der Waals surface area contributed by atoms with Crippen LogP contribution in [-0.4, -0.2) is 26.9 Å². The summed E-state index contributed by atoms with van der Waals surface area (Å²) in [7, 11) is 4.11. The van der Waals surface area contributed by atoms with Gasteiger partial charge in [-0.1, -0.05) is 51.2 Å². The molecule has 0 atom stereocenters. The molecule has 0 saturated heterocycles. The Morgan fingerprint density at radius 1 is 0.947 bits per heavy atom. The van der Waals surface area contributed by atoms with Crippen molar-refractivity contribution in [3.8, 4) is 0 Å². The Bertz CT molecular complexity index is 352. The van der Waals surface area contributed by atoms with Crippen molar-refractivity contribution in [2.24, 2.45) is 4.99 Å². The maximum atomic E-state index is 4.50. The second-order valence-electron chi connectivity index (χ2n) is 5.29. The van der Waals surface area contributed by atoms with Crippen LogP contribution in [0.2, 0.25) is 0 Å². The summed E-state index contributed by atoms with van der Waals surface area (Å²) >= 11 is 0. The van der Waals surface area contributed by atoms with Gasteiger partial charge in [-0.15, -0.1) is 0 Å². The molecule has 19 heavy (non-hydrogen) atoms. The van der Waals surface area contributed by atoms with Crippen LogP contribution in [0.15, 0.2) is 29.3 Å². The second kappa shape index (κ2) is 9.60. The van der Waals surface area contributed by atoms with Gasteiger partial charge in [0.15, 0.2) is 0 Å². The Balaban J connectivity index is 2.18. The third kappa shape index (κ3) is 7.00. The van der Waals surface area contributed by atoms with Gasteiger partial charge >= 0.3 is 0 Å². The normalized spacial score (nSPS) is 11.1. The van der Waals surface area contributed by atoms with E-state index in [2.05, 4.69) is 55.2 Å². The zero-order valence-electron chi connectivity index (χ0n) is 12.7. The highest BCUT2D eigenvalue weighted by atomic mass is 15.1. The number of nitrogens with zero attached hydrogens (tertiary/aromatic N) is 2. The smallest absolute Gasteiger partial charge is 0.0389 e. The Morgan fingerprint density at radius 2 is 1.58 bits per heavy atom. The van der Waals surface area contributed by atoms with E-state index in [1.54, 1.807) is 0 Å². The SMILES string of the molecule is CCCCCCCCN=Cc1ccc(N(C)C)cc1. The Kier molecular flexibility index (Phi) is 7.95. The topological polar surface area (TPSA) is 15.6 Å². The molecule has 0 fully saturated rings. The van der Waals surface area contributed by atoms with Gasteiger partial charge < -0.3 is 4.90 Å². The Labute approximate surface area is 118 Å². The van der Waals surface area contributed by atoms with Gasteiger partial charge in [0.05, 0.1) is 0 Å². The molecule has 2 heteroatoms. The van der Waals surface area contributed by atoms with Crippen LogP contribution in [0.25, 0.3) is 0 Å². The molecule has 0 radical (unpaired) electrons. The lowest BCUT2D eigenvalue weighted by Gasteiger charge is -2.11. The number of hydrogen-bond acceptors (Lipinski definition) is 2. The monoisotopic (exact) mass is 260 g/mol. The summed E-state index contributed by atoms with van der Waals surface area (Å²) in [6.45, 7) is 3.22. The summed E-state index contributed by atoms with van der Waals surface area (Å²) in [5.41, 5.74) is 2.42. The van der Waals surface area contributed by atoms with E-state index in [-0.39, 0.29) is 0 Å².